The molecule has 1 aromatic carbocycles. The lowest BCUT2D eigenvalue weighted by atomic mass is 9.96. The maximum absolute atomic E-state index is 12.4. The lowest BCUT2D eigenvalue weighted by molar-refractivity contribution is -0.119. The molecule has 1 saturated heterocycles. The summed E-state index contributed by atoms with van der Waals surface area (Å²) in [6.45, 7) is 6.18. The lowest BCUT2D eigenvalue weighted by Gasteiger charge is -2.29. The zero-order valence-corrected chi connectivity index (χ0v) is 24.0. The number of carbonyl (C=O) groups is 1. The summed E-state index contributed by atoms with van der Waals surface area (Å²) in [6.07, 6.45) is 3.62. The summed E-state index contributed by atoms with van der Waals surface area (Å²) < 4.78 is 12.7. The van der Waals surface area contributed by atoms with Crippen LogP contribution in [0.15, 0.2) is 67.0 Å². The van der Waals surface area contributed by atoms with Crippen molar-refractivity contribution in [2.75, 3.05) is 31.0 Å². The number of aryl methyl sites for hydroxylation is 2. The highest BCUT2D eigenvalue weighted by atomic mass is 32.1. The van der Waals surface area contributed by atoms with Crippen molar-refractivity contribution < 1.29 is 14.3 Å². The molecule has 0 radical (unpaired) electrons. The molecule has 0 aliphatic carbocycles. The van der Waals surface area contributed by atoms with Gasteiger partial charge < -0.3 is 29.6 Å². The van der Waals surface area contributed by atoms with Crippen LogP contribution in [0.3, 0.4) is 0 Å². The van der Waals surface area contributed by atoms with E-state index < -0.39 is 0 Å². The number of hydrogen-bond donors (Lipinski definition) is 2. The average Bonchev–Trinajstić information content (AvgIpc) is 3.44. The van der Waals surface area contributed by atoms with Crippen LogP contribution in [0.5, 0.6) is 5.75 Å². The second-order valence-electron chi connectivity index (χ2n) is 9.72. The minimum atomic E-state index is -0.280. The third-order valence-electron chi connectivity index (χ3n) is 7.03. The Balaban J connectivity index is 1.65. The number of nitrogens with one attached hydrogen (secondary N) is 2. The molecule has 1 fully saturated rings. The van der Waals surface area contributed by atoms with Gasteiger partial charge in [-0.05, 0) is 92.6 Å². The Morgan fingerprint density at radius 1 is 1.05 bits per heavy atom. The van der Waals surface area contributed by atoms with Crippen molar-refractivity contribution in [3.05, 3.63) is 95.2 Å². The maximum Gasteiger partial charge on any atom is 0.250 e. The van der Waals surface area contributed by atoms with E-state index in [0.29, 0.717) is 16.5 Å². The Morgan fingerprint density at radius 2 is 1.88 bits per heavy atom. The predicted octanol–water partition coefficient (Wildman–Crippen LogP) is 4.96. The number of benzene rings is 1. The van der Waals surface area contributed by atoms with Crippen LogP contribution >= 0.6 is 12.2 Å². The van der Waals surface area contributed by atoms with E-state index in [1.807, 2.05) is 48.7 Å². The van der Waals surface area contributed by atoms with Gasteiger partial charge in [-0.2, -0.15) is 0 Å². The van der Waals surface area contributed by atoms with E-state index in [4.69, 9.17) is 21.7 Å². The topological polar surface area (TPSA) is 93.5 Å². The van der Waals surface area contributed by atoms with Gasteiger partial charge >= 0.3 is 0 Å². The maximum atomic E-state index is 12.4. The second kappa shape index (κ2) is 11.4. The van der Waals surface area contributed by atoms with Gasteiger partial charge in [0.1, 0.15) is 18.2 Å². The SMILES string of the molecule is COCC(=O)Nc1cc(N2C(=S)N[C@H](c3ccccn3)[C@H]2c2cc(C)n(-c3cc(C)ccn3)c2C)ccc1OC. The molecular formula is C30H32N6O3S. The van der Waals surface area contributed by atoms with Crippen molar-refractivity contribution in [1.82, 2.24) is 19.9 Å². The summed E-state index contributed by atoms with van der Waals surface area (Å²) in [5, 5.41) is 6.95. The van der Waals surface area contributed by atoms with Crippen molar-refractivity contribution in [3.8, 4) is 11.6 Å². The number of anilines is 2. The van der Waals surface area contributed by atoms with Crippen LogP contribution in [0.4, 0.5) is 11.4 Å². The van der Waals surface area contributed by atoms with Gasteiger partial charge in [0.2, 0.25) is 5.91 Å². The number of ether oxygens (including phenoxy) is 2. The molecule has 3 aromatic heterocycles. The average molecular weight is 557 g/mol. The number of nitrogens with zero attached hydrogens (tertiary/aromatic N) is 4. The number of thiocarbonyl (C=S) groups is 1. The third kappa shape index (κ3) is 5.15. The fraction of sp³-hybridized carbons (Fsp3) is 0.267. The summed E-state index contributed by atoms with van der Waals surface area (Å²) in [6, 6.07) is 17.3. The highest BCUT2D eigenvalue weighted by molar-refractivity contribution is 7.80. The molecule has 0 spiro atoms. The zero-order valence-electron chi connectivity index (χ0n) is 23.1. The van der Waals surface area contributed by atoms with Gasteiger partial charge in [-0.3, -0.25) is 9.78 Å². The quantitative estimate of drug-likeness (QED) is 0.294. The number of amides is 1. The van der Waals surface area contributed by atoms with Gasteiger partial charge in [0.05, 0.1) is 30.6 Å². The van der Waals surface area contributed by atoms with Crippen LogP contribution in [0.2, 0.25) is 0 Å². The number of methoxy groups -OCH3 is 2. The molecule has 10 heteroatoms. The summed E-state index contributed by atoms with van der Waals surface area (Å²) in [4.78, 5) is 23.8. The number of carbonyl (C=O) groups excluding carboxylic acids is 1. The summed E-state index contributed by atoms with van der Waals surface area (Å²) in [5.41, 5.74) is 6.54. The molecule has 1 aliphatic rings. The summed E-state index contributed by atoms with van der Waals surface area (Å²) in [5.74, 6) is 1.12. The minimum Gasteiger partial charge on any atom is -0.495 e. The fourth-order valence-electron chi connectivity index (χ4n) is 5.29. The van der Waals surface area contributed by atoms with Crippen LogP contribution < -0.4 is 20.3 Å². The van der Waals surface area contributed by atoms with Gasteiger partial charge in [0, 0.05) is 36.6 Å². The molecule has 0 saturated carbocycles. The van der Waals surface area contributed by atoms with Crippen molar-refractivity contribution in [1.29, 1.82) is 0 Å². The summed E-state index contributed by atoms with van der Waals surface area (Å²) >= 11 is 5.93. The molecule has 1 amide bonds. The lowest BCUT2D eigenvalue weighted by Crippen LogP contribution is -2.29. The van der Waals surface area contributed by atoms with Crippen LogP contribution in [0.1, 0.15) is 40.3 Å². The molecule has 2 atom stereocenters. The molecule has 5 rings (SSSR count). The van der Waals surface area contributed by atoms with Gasteiger partial charge in [0.15, 0.2) is 5.11 Å². The normalized spacial score (nSPS) is 16.6. The first kappa shape index (κ1) is 27.3. The highest BCUT2D eigenvalue weighted by Gasteiger charge is 2.42. The monoisotopic (exact) mass is 556 g/mol. The Hall–Kier alpha value is -4.28. The minimum absolute atomic E-state index is 0.0690. The fourth-order valence-corrected chi connectivity index (χ4v) is 5.64. The molecule has 206 valence electrons. The second-order valence-corrected chi connectivity index (χ2v) is 10.1. The smallest absolute Gasteiger partial charge is 0.250 e. The first-order valence-electron chi connectivity index (χ1n) is 12.9. The van der Waals surface area contributed by atoms with Crippen LogP contribution in [0, 0.1) is 20.8 Å². The Labute approximate surface area is 239 Å². The van der Waals surface area contributed by atoms with Crippen molar-refractivity contribution >= 4 is 34.6 Å². The van der Waals surface area contributed by atoms with Crippen molar-refractivity contribution in [2.45, 2.75) is 32.9 Å². The van der Waals surface area contributed by atoms with Gasteiger partial charge in [-0.1, -0.05) is 6.07 Å². The van der Waals surface area contributed by atoms with Crippen molar-refractivity contribution in [2.24, 2.45) is 0 Å². The van der Waals surface area contributed by atoms with Gasteiger partial charge in [0.25, 0.3) is 0 Å². The van der Waals surface area contributed by atoms with E-state index >= 15 is 0 Å². The predicted molar refractivity (Wildman–Crippen MR) is 159 cm³/mol. The van der Waals surface area contributed by atoms with E-state index in [2.05, 4.69) is 63.0 Å². The summed E-state index contributed by atoms with van der Waals surface area (Å²) in [7, 11) is 3.05. The number of pyridine rings is 2. The molecule has 2 N–H and O–H groups in total. The van der Waals surface area contributed by atoms with E-state index in [1.54, 1.807) is 13.3 Å². The first-order valence-corrected chi connectivity index (χ1v) is 13.3. The van der Waals surface area contributed by atoms with Gasteiger partial charge in [-0.25, -0.2) is 4.98 Å². The van der Waals surface area contributed by atoms with Crippen LogP contribution in [-0.4, -0.2) is 46.4 Å². The van der Waals surface area contributed by atoms with Crippen LogP contribution in [0.25, 0.3) is 5.82 Å². The van der Waals surface area contributed by atoms with E-state index in [0.717, 1.165) is 39.7 Å². The molecule has 4 aromatic rings. The first-order chi connectivity index (χ1) is 19.3. The standard InChI is InChI=1S/C30H32N6O3S/c1-18-11-13-32-26(14-18)35-19(2)15-22(20(35)3)29-28(23-8-6-7-12-31-23)34-30(40)36(29)21-9-10-25(39-5)24(16-21)33-27(37)17-38-4/h6-16,28-29H,17H2,1-5H3,(H,33,37)(H,34,40)/t28-,29-/m1/s1. The van der Waals surface area contributed by atoms with Crippen molar-refractivity contribution in [3.63, 3.8) is 0 Å². The third-order valence-corrected chi connectivity index (χ3v) is 7.34. The number of hydrogen-bond acceptors (Lipinski definition) is 6. The van der Waals surface area contributed by atoms with Crippen LogP contribution in [-0.2, 0) is 9.53 Å². The number of aromatic nitrogens is 3. The molecule has 1 aliphatic heterocycles. The molecular weight excluding hydrogens is 524 g/mol. The van der Waals surface area contributed by atoms with E-state index in [9.17, 15) is 4.79 Å². The molecule has 40 heavy (non-hydrogen) atoms. The Morgan fingerprint density at radius 3 is 2.58 bits per heavy atom. The Bertz CT molecular complexity index is 1550. The molecule has 0 unspecified atom stereocenters. The molecule has 0 bridgehead atoms. The number of rotatable bonds is 8. The highest BCUT2D eigenvalue weighted by Crippen LogP contribution is 2.45. The Kier molecular flexibility index (Phi) is 7.81. The largest absolute Gasteiger partial charge is 0.495 e. The molecule has 4 heterocycles. The van der Waals surface area contributed by atoms with Gasteiger partial charge in [-0.15, -0.1) is 0 Å². The zero-order chi connectivity index (χ0) is 28.4. The van der Waals surface area contributed by atoms with E-state index in [-0.39, 0.29) is 24.6 Å². The van der Waals surface area contributed by atoms with E-state index in [1.165, 1.54) is 7.11 Å². The molecule has 9 nitrogen and oxygen atoms in total.